The van der Waals surface area contributed by atoms with Crippen LogP contribution in [0.15, 0.2) is 45.6 Å². The topological polar surface area (TPSA) is 141 Å². The fourth-order valence-electron chi connectivity index (χ4n) is 4.10. The molecule has 32 heavy (non-hydrogen) atoms. The molecule has 2 heterocycles. The summed E-state index contributed by atoms with van der Waals surface area (Å²) in [7, 11) is -3.11. The van der Waals surface area contributed by atoms with E-state index in [4.69, 9.17) is 21.9 Å². The Morgan fingerprint density at radius 3 is 2.75 bits per heavy atom. The van der Waals surface area contributed by atoms with Crippen LogP contribution in [0.25, 0.3) is 22.3 Å². The summed E-state index contributed by atoms with van der Waals surface area (Å²) < 4.78 is 30.4. The average molecular weight is 483 g/mol. The number of benzene rings is 2. The van der Waals surface area contributed by atoms with Gasteiger partial charge in [-0.25, -0.2) is 4.57 Å². The number of halogens is 1. The molecule has 2 aromatic carbocycles. The van der Waals surface area contributed by atoms with Crippen molar-refractivity contribution in [1.29, 1.82) is 0 Å². The van der Waals surface area contributed by atoms with Crippen LogP contribution < -0.4 is 5.43 Å². The van der Waals surface area contributed by atoms with E-state index in [0.29, 0.717) is 13.0 Å². The number of phosphoric acid groups is 1. The first kappa shape index (κ1) is 21.5. The number of phenolic OH excluding ortho intramolecular Hbond substituents is 2. The van der Waals surface area contributed by atoms with Gasteiger partial charge in [0, 0.05) is 35.7 Å². The first-order valence-corrected chi connectivity index (χ1v) is 11.6. The molecule has 1 saturated heterocycles. The molecule has 1 aliphatic rings. The highest BCUT2D eigenvalue weighted by Crippen LogP contribution is 2.47. The van der Waals surface area contributed by atoms with Gasteiger partial charge in [0.25, 0.3) is 0 Å². The van der Waals surface area contributed by atoms with Gasteiger partial charge in [0.2, 0.25) is 0 Å². The van der Waals surface area contributed by atoms with Crippen LogP contribution in [-0.4, -0.2) is 51.1 Å². The van der Waals surface area contributed by atoms with E-state index in [1.54, 1.807) is 7.05 Å². The molecule has 1 fully saturated rings. The largest absolute Gasteiger partial charge is 0.507 e. The second kappa shape index (κ2) is 8.51. The molecule has 2 atom stereocenters. The van der Waals surface area contributed by atoms with Gasteiger partial charge in [-0.05, 0) is 32.1 Å². The number of likely N-dealkylation sites (N-methyl/N-ethyl adjacent to an activating group) is 1. The fourth-order valence-corrected chi connectivity index (χ4v) is 4.87. The van der Waals surface area contributed by atoms with E-state index in [0.717, 1.165) is 12.1 Å². The van der Waals surface area contributed by atoms with Crippen molar-refractivity contribution in [2.24, 2.45) is 0 Å². The molecule has 0 radical (unpaired) electrons. The zero-order valence-electron chi connectivity index (χ0n) is 17.9. The van der Waals surface area contributed by atoms with Crippen LogP contribution in [0.2, 0.25) is 5.02 Å². The molecule has 9 nitrogen and oxygen atoms in total. The monoisotopic (exact) mass is 482 g/mol. The molecule has 3 aromatic rings. The van der Waals surface area contributed by atoms with Crippen LogP contribution in [-0.2, 0) is 9.09 Å². The molecule has 170 valence electrons. The number of rotatable bonds is 4. The zero-order chi connectivity index (χ0) is 24.1. The smallest absolute Gasteiger partial charge is 0.469 e. The maximum Gasteiger partial charge on any atom is 0.469 e. The summed E-state index contributed by atoms with van der Waals surface area (Å²) in [5, 5.41) is 21.1. The predicted octanol–water partition coefficient (Wildman–Crippen LogP) is 3.42. The Bertz CT molecular complexity index is 1340. The SMILES string of the molecule is [2H]c1ccc(Cl)c(-c2cc(=O)c3c(O)cc(O)c(C4CCN(C)CC4OP(=O)(O)O)c3o2)c1. The lowest BCUT2D eigenvalue weighted by molar-refractivity contribution is 0.0544. The minimum absolute atomic E-state index is 0.0123. The van der Waals surface area contributed by atoms with Gasteiger partial charge in [-0.1, -0.05) is 23.7 Å². The Balaban J connectivity index is 1.98. The van der Waals surface area contributed by atoms with Crippen molar-refractivity contribution in [1.82, 2.24) is 4.90 Å². The van der Waals surface area contributed by atoms with E-state index < -0.39 is 36.8 Å². The zero-order valence-corrected chi connectivity index (χ0v) is 18.5. The minimum atomic E-state index is -4.87. The first-order valence-electron chi connectivity index (χ1n) is 10.2. The van der Waals surface area contributed by atoms with Crippen molar-refractivity contribution in [2.45, 2.75) is 18.4 Å². The molecule has 1 aliphatic heterocycles. The Morgan fingerprint density at radius 1 is 1.28 bits per heavy atom. The third-order valence-electron chi connectivity index (χ3n) is 5.48. The molecule has 0 aliphatic carbocycles. The lowest BCUT2D eigenvalue weighted by Gasteiger charge is -2.36. The highest BCUT2D eigenvalue weighted by atomic mass is 35.5. The number of likely N-dealkylation sites (tertiary alicyclic amines) is 1. The summed E-state index contributed by atoms with van der Waals surface area (Å²) >= 11 is 6.24. The minimum Gasteiger partial charge on any atom is -0.507 e. The van der Waals surface area contributed by atoms with Gasteiger partial charge in [-0.3, -0.25) is 9.32 Å². The van der Waals surface area contributed by atoms with Crippen LogP contribution in [0.5, 0.6) is 11.5 Å². The third-order valence-corrected chi connectivity index (χ3v) is 6.35. The molecule has 0 spiro atoms. The standard InChI is InChI=1S/C21H21ClNO8P/c1-23-7-6-12(18(10-23)31-32(27,28)29)19-14(24)8-15(25)20-16(26)9-17(30-21(19)20)11-4-2-3-5-13(11)22/h2-5,8-9,12,18,24-25H,6-7,10H2,1H3,(H2,27,28,29)/i2D. The number of nitrogens with zero attached hydrogens (tertiary/aromatic N) is 1. The van der Waals surface area contributed by atoms with Crippen LogP contribution in [0, 0.1) is 0 Å². The molecule has 1 aromatic heterocycles. The number of aromatic hydroxyl groups is 2. The molecule has 0 bridgehead atoms. The van der Waals surface area contributed by atoms with Gasteiger partial charge in [0.15, 0.2) is 5.43 Å². The van der Waals surface area contributed by atoms with Crippen molar-refractivity contribution in [2.75, 3.05) is 20.1 Å². The highest BCUT2D eigenvalue weighted by Gasteiger charge is 2.38. The fraction of sp³-hybridized carbons (Fsp3) is 0.286. The van der Waals surface area contributed by atoms with Gasteiger partial charge >= 0.3 is 7.82 Å². The summed E-state index contributed by atoms with van der Waals surface area (Å²) in [6.07, 6.45) is -0.705. The normalized spacial score (nSPS) is 20.4. The molecule has 0 amide bonds. The van der Waals surface area contributed by atoms with E-state index in [2.05, 4.69) is 0 Å². The van der Waals surface area contributed by atoms with Gasteiger partial charge in [-0.2, -0.15) is 0 Å². The number of phosphoric ester groups is 1. The Morgan fingerprint density at radius 2 is 2.03 bits per heavy atom. The van der Waals surface area contributed by atoms with Crippen molar-refractivity contribution >= 4 is 30.4 Å². The van der Waals surface area contributed by atoms with Gasteiger partial charge in [0.1, 0.15) is 28.2 Å². The maximum absolute atomic E-state index is 12.9. The lowest BCUT2D eigenvalue weighted by atomic mass is 9.85. The van der Waals surface area contributed by atoms with E-state index >= 15 is 0 Å². The molecule has 11 heteroatoms. The molecule has 0 saturated carbocycles. The number of hydrogen-bond donors (Lipinski definition) is 4. The number of piperidine rings is 1. The molecule has 4 N–H and O–H groups in total. The summed E-state index contributed by atoms with van der Waals surface area (Å²) in [4.78, 5) is 33.6. The number of phenols is 2. The van der Waals surface area contributed by atoms with Gasteiger partial charge < -0.3 is 29.3 Å². The maximum atomic E-state index is 12.9. The second-order valence-corrected chi connectivity index (χ2v) is 9.30. The average Bonchev–Trinajstić information content (AvgIpc) is 2.69. The summed E-state index contributed by atoms with van der Waals surface area (Å²) in [6.45, 7) is 0.665. The lowest BCUT2D eigenvalue weighted by Crippen LogP contribution is -2.41. The van der Waals surface area contributed by atoms with Gasteiger partial charge in [0.05, 0.1) is 12.5 Å². The van der Waals surface area contributed by atoms with Crippen molar-refractivity contribution in [3.8, 4) is 22.8 Å². The third kappa shape index (κ3) is 4.41. The summed E-state index contributed by atoms with van der Waals surface area (Å²) in [5.74, 6) is -1.66. The van der Waals surface area contributed by atoms with E-state index in [1.807, 2.05) is 4.90 Å². The second-order valence-electron chi connectivity index (χ2n) is 7.71. The Kier molecular flexibility index (Phi) is 5.71. The van der Waals surface area contributed by atoms with E-state index in [1.165, 1.54) is 18.2 Å². The molecule has 4 rings (SSSR count). The van der Waals surface area contributed by atoms with Crippen LogP contribution in [0.3, 0.4) is 0 Å². The Hall–Kier alpha value is -2.39. The predicted molar refractivity (Wildman–Crippen MR) is 118 cm³/mol. The van der Waals surface area contributed by atoms with E-state index in [-0.39, 0.29) is 45.5 Å². The summed E-state index contributed by atoms with van der Waals surface area (Å²) in [5.41, 5.74) is -0.401. The summed E-state index contributed by atoms with van der Waals surface area (Å²) in [6, 6.07) is 6.60. The molecular formula is C21H21ClNO8P. The van der Waals surface area contributed by atoms with Crippen molar-refractivity contribution < 1.29 is 34.9 Å². The first-order chi connectivity index (χ1) is 15.4. The van der Waals surface area contributed by atoms with Crippen LogP contribution >= 0.6 is 19.4 Å². The van der Waals surface area contributed by atoms with Crippen LogP contribution in [0.4, 0.5) is 0 Å². The van der Waals surface area contributed by atoms with Gasteiger partial charge in [-0.15, -0.1) is 0 Å². The van der Waals surface area contributed by atoms with E-state index in [9.17, 15) is 29.4 Å². The van der Waals surface area contributed by atoms with Crippen molar-refractivity contribution in [3.05, 3.63) is 57.2 Å². The molecular weight excluding hydrogens is 461 g/mol. The van der Waals surface area contributed by atoms with Crippen LogP contribution in [0.1, 0.15) is 19.3 Å². The van der Waals surface area contributed by atoms with Crippen molar-refractivity contribution in [3.63, 3.8) is 0 Å². The highest BCUT2D eigenvalue weighted by molar-refractivity contribution is 7.46. The number of fused-ring (bicyclic) bond motifs is 1. The Labute approximate surface area is 189 Å². The number of hydrogen-bond acceptors (Lipinski definition) is 7. The molecule has 2 unspecified atom stereocenters. The quantitative estimate of drug-likeness (QED) is 0.411.